The van der Waals surface area contributed by atoms with Crippen LogP contribution in [0.3, 0.4) is 0 Å². The highest BCUT2D eigenvalue weighted by Crippen LogP contribution is 2.63. The van der Waals surface area contributed by atoms with Gasteiger partial charge in [-0.3, -0.25) is 0 Å². The molecule has 0 atom stereocenters. The summed E-state index contributed by atoms with van der Waals surface area (Å²) in [4.78, 5) is 0. The summed E-state index contributed by atoms with van der Waals surface area (Å²) in [6.07, 6.45) is 0. The van der Waals surface area contributed by atoms with Crippen LogP contribution in [0.1, 0.15) is 22.3 Å². The van der Waals surface area contributed by atoms with Crippen molar-refractivity contribution in [3.63, 3.8) is 0 Å². The van der Waals surface area contributed by atoms with E-state index in [1.165, 1.54) is 131 Å². The van der Waals surface area contributed by atoms with Crippen molar-refractivity contribution in [2.24, 2.45) is 0 Å². The third-order valence-corrected chi connectivity index (χ3v) is 14.9. The van der Waals surface area contributed by atoms with Crippen LogP contribution in [0.25, 0.3) is 109 Å². The Labute approximate surface area is 389 Å². The van der Waals surface area contributed by atoms with E-state index in [1.807, 2.05) is 0 Å². The molecule has 0 aromatic heterocycles. The van der Waals surface area contributed by atoms with E-state index < -0.39 is 5.41 Å². The molecule has 0 aliphatic heterocycles. The molecule has 0 unspecified atom stereocenters. The fourth-order valence-electron chi connectivity index (χ4n) is 12.3. The molecule has 0 spiro atoms. The highest BCUT2D eigenvalue weighted by Gasteiger charge is 2.49. The lowest BCUT2D eigenvalue weighted by molar-refractivity contribution is 0.783. The summed E-state index contributed by atoms with van der Waals surface area (Å²) in [7, 11) is 0. The quantitative estimate of drug-likeness (QED) is 0.120. The summed E-state index contributed by atoms with van der Waals surface area (Å²) in [6.45, 7) is 0. The Morgan fingerprint density at radius 1 is 0.209 bits per heavy atom. The lowest BCUT2D eigenvalue weighted by Gasteiger charge is -2.36. The zero-order chi connectivity index (χ0) is 44.1. The lowest BCUT2D eigenvalue weighted by atomic mass is 9.65. The minimum absolute atomic E-state index is 0.613. The van der Waals surface area contributed by atoms with E-state index in [1.54, 1.807) is 0 Å². The number of benzene rings is 13. The molecule has 1 aliphatic rings. The van der Waals surface area contributed by atoms with Crippen molar-refractivity contribution in [2.45, 2.75) is 5.41 Å². The minimum atomic E-state index is -0.613. The van der Waals surface area contributed by atoms with Gasteiger partial charge in [-0.25, -0.2) is 0 Å². The molecule has 0 saturated carbocycles. The van der Waals surface area contributed by atoms with Crippen molar-refractivity contribution in [3.05, 3.63) is 277 Å². The molecule has 0 bridgehead atoms. The van der Waals surface area contributed by atoms with Crippen LogP contribution in [-0.4, -0.2) is 0 Å². The van der Waals surface area contributed by atoms with Gasteiger partial charge in [0.2, 0.25) is 0 Å². The second kappa shape index (κ2) is 14.7. The van der Waals surface area contributed by atoms with Crippen LogP contribution in [0, 0.1) is 0 Å². The fourth-order valence-corrected chi connectivity index (χ4v) is 12.3. The Morgan fingerprint density at radius 3 is 1.24 bits per heavy atom. The third kappa shape index (κ3) is 5.36. The maximum Gasteiger partial charge on any atom is 0.0725 e. The van der Waals surface area contributed by atoms with E-state index in [2.05, 4.69) is 255 Å². The van der Waals surface area contributed by atoms with Crippen LogP contribution < -0.4 is 0 Å². The van der Waals surface area contributed by atoms with Crippen molar-refractivity contribution in [1.82, 2.24) is 0 Å². The summed E-state index contributed by atoms with van der Waals surface area (Å²) < 4.78 is 0. The van der Waals surface area contributed by atoms with Gasteiger partial charge in [-0.05, 0) is 144 Å². The maximum absolute atomic E-state index is 2.58. The lowest BCUT2D eigenvalue weighted by Crippen LogP contribution is -2.29. The Kier molecular flexibility index (Phi) is 8.30. The fraction of sp³-hybridized carbons (Fsp3) is 0.0149. The van der Waals surface area contributed by atoms with Gasteiger partial charge in [0.05, 0.1) is 5.41 Å². The molecule has 310 valence electrons. The van der Waals surface area contributed by atoms with Crippen LogP contribution in [0.2, 0.25) is 0 Å². The van der Waals surface area contributed by atoms with Gasteiger partial charge >= 0.3 is 0 Å². The average Bonchev–Trinajstić information content (AvgIpc) is 3.73. The van der Waals surface area contributed by atoms with Gasteiger partial charge in [-0.1, -0.05) is 243 Å². The molecular formula is C67H42. The van der Waals surface area contributed by atoms with Gasteiger partial charge in [0.25, 0.3) is 0 Å². The zero-order valence-electron chi connectivity index (χ0n) is 36.7. The van der Waals surface area contributed by atoms with Gasteiger partial charge < -0.3 is 0 Å². The molecule has 13 aromatic rings. The molecule has 1 aliphatic carbocycles. The molecule has 0 nitrogen and oxygen atoms in total. The van der Waals surface area contributed by atoms with Crippen molar-refractivity contribution < 1.29 is 0 Å². The number of fused-ring (bicyclic) bond motifs is 13. The van der Waals surface area contributed by atoms with E-state index >= 15 is 0 Å². The molecule has 0 heteroatoms. The summed E-state index contributed by atoms with van der Waals surface area (Å²) in [5.41, 5.74) is 14.7. The molecule has 0 amide bonds. The monoisotopic (exact) mass is 846 g/mol. The van der Waals surface area contributed by atoms with Crippen molar-refractivity contribution in [2.75, 3.05) is 0 Å². The second-order valence-corrected chi connectivity index (χ2v) is 18.2. The highest BCUT2D eigenvalue weighted by atomic mass is 14.5. The molecule has 0 heterocycles. The smallest absolute Gasteiger partial charge is 0.0622 e. The predicted octanol–water partition coefficient (Wildman–Crippen LogP) is 18.0. The van der Waals surface area contributed by atoms with E-state index in [0.29, 0.717) is 0 Å². The molecule has 0 fully saturated rings. The van der Waals surface area contributed by atoms with E-state index in [-0.39, 0.29) is 0 Å². The first-order valence-electron chi connectivity index (χ1n) is 23.4. The Balaban J connectivity index is 1.13. The Hall–Kier alpha value is -8.58. The zero-order valence-corrected chi connectivity index (χ0v) is 36.7. The van der Waals surface area contributed by atoms with Crippen molar-refractivity contribution >= 4 is 64.6 Å². The summed E-state index contributed by atoms with van der Waals surface area (Å²) in [5.74, 6) is 0. The normalized spacial score (nSPS) is 12.9. The minimum Gasteiger partial charge on any atom is -0.0622 e. The SMILES string of the molecule is c1ccc(C2(c3ccccc3)c3c(cc(-c4c5ccccc5c(-c5cccc(-c6cccc7ccccc67)c5)c5ccccc45)c4ccccc34)-c3c2c2ccccc2c2ccccc32)cc1. The second-order valence-electron chi connectivity index (χ2n) is 18.2. The third-order valence-electron chi connectivity index (χ3n) is 14.9. The van der Waals surface area contributed by atoms with Crippen LogP contribution in [0.4, 0.5) is 0 Å². The highest BCUT2D eigenvalue weighted by molar-refractivity contribution is 6.26. The first-order valence-corrected chi connectivity index (χ1v) is 23.4. The van der Waals surface area contributed by atoms with E-state index in [4.69, 9.17) is 0 Å². The van der Waals surface area contributed by atoms with E-state index in [9.17, 15) is 0 Å². The van der Waals surface area contributed by atoms with Crippen molar-refractivity contribution in [1.29, 1.82) is 0 Å². The van der Waals surface area contributed by atoms with Crippen LogP contribution >= 0.6 is 0 Å². The first kappa shape index (κ1) is 37.8. The van der Waals surface area contributed by atoms with Gasteiger partial charge in [-0.15, -0.1) is 0 Å². The van der Waals surface area contributed by atoms with Gasteiger partial charge in [-0.2, -0.15) is 0 Å². The summed E-state index contributed by atoms with van der Waals surface area (Å²) in [6, 6.07) is 95.4. The van der Waals surface area contributed by atoms with Crippen LogP contribution in [-0.2, 0) is 5.41 Å². The molecule has 14 rings (SSSR count). The average molecular weight is 847 g/mol. The number of hydrogen-bond donors (Lipinski definition) is 0. The molecule has 0 radical (unpaired) electrons. The van der Waals surface area contributed by atoms with Crippen LogP contribution in [0.15, 0.2) is 255 Å². The molecule has 13 aromatic carbocycles. The van der Waals surface area contributed by atoms with Gasteiger partial charge in [0.15, 0.2) is 0 Å². The molecular weight excluding hydrogens is 805 g/mol. The number of rotatable bonds is 5. The summed E-state index contributed by atoms with van der Waals surface area (Å²) in [5, 5.41) is 15.1. The molecule has 67 heavy (non-hydrogen) atoms. The first-order chi connectivity index (χ1) is 33.3. The summed E-state index contributed by atoms with van der Waals surface area (Å²) >= 11 is 0. The van der Waals surface area contributed by atoms with Crippen molar-refractivity contribution in [3.8, 4) is 44.5 Å². The standard InChI is InChI=1S/C67H42/c1-3-25-46(26-4-1)67(47-27-5-2-6-28-47)65-58-38-17-11-32-52(58)60(42-61(65)64-53-33-12-9-30-50(53)51-31-10-18-39-59(51)66(64)67)63-56-36-15-13-34-54(56)62(55-35-14-16-37-57(55)63)45-24-19-23-44(41-45)49-40-20-22-43-21-7-8-29-48(43)49/h1-42H. The van der Waals surface area contributed by atoms with E-state index in [0.717, 1.165) is 0 Å². The number of hydrogen-bond acceptors (Lipinski definition) is 0. The van der Waals surface area contributed by atoms with Gasteiger partial charge in [0.1, 0.15) is 0 Å². The van der Waals surface area contributed by atoms with Gasteiger partial charge in [0, 0.05) is 0 Å². The Bertz CT molecular complexity index is 4040. The molecule has 0 saturated heterocycles. The largest absolute Gasteiger partial charge is 0.0725 e. The maximum atomic E-state index is 2.58. The van der Waals surface area contributed by atoms with Crippen LogP contribution in [0.5, 0.6) is 0 Å². The topological polar surface area (TPSA) is 0 Å². The Morgan fingerprint density at radius 2 is 0.627 bits per heavy atom. The molecule has 0 N–H and O–H groups in total. The predicted molar refractivity (Wildman–Crippen MR) is 285 cm³/mol.